The number of hydrogen-bond donors (Lipinski definition) is 2. The number of rotatable bonds is 3. The number of halogens is 1. The predicted octanol–water partition coefficient (Wildman–Crippen LogP) is 2.50. The number of piperazine rings is 1. The van der Waals surface area contributed by atoms with Crippen molar-refractivity contribution in [3.05, 3.63) is 17.9 Å². The van der Waals surface area contributed by atoms with Gasteiger partial charge in [0.2, 0.25) is 5.91 Å². The van der Waals surface area contributed by atoms with Crippen molar-refractivity contribution in [2.45, 2.75) is 45.3 Å². The van der Waals surface area contributed by atoms with E-state index in [4.69, 9.17) is 10.5 Å². The fourth-order valence-electron chi connectivity index (χ4n) is 3.90. The largest absolute Gasteiger partial charge is 0.444 e. The smallest absolute Gasteiger partial charge is 0.412 e. The molecule has 0 radical (unpaired) electrons. The molecule has 0 unspecified atom stereocenters. The quantitative estimate of drug-likeness (QED) is 0.729. The average molecular weight is 422 g/mol. The van der Waals surface area contributed by atoms with Gasteiger partial charge in [0.15, 0.2) is 0 Å². The van der Waals surface area contributed by atoms with Gasteiger partial charge in [0.25, 0.3) is 0 Å². The van der Waals surface area contributed by atoms with Gasteiger partial charge in [-0.2, -0.15) is 0 Å². The molecule has 166 valence electrons. The Labute approximate surface area is 177 Å². The molecule has 2 saturated heterocycles. The van der Waals surface area contributed by atoms with Crippen LogP contribution in [0.2, 0.25) is 0 Å². The molecular formula is C21H32FN5O3. The zero-order chi connectivity index (χ0) is 22.1. The number of nitrogens with one attached hydrogen (secondary N) is 1. The Morgan fingerprint density at radius 1 is 1.20 bits per heavy atom. The summed E-state index contributed by atoms with van der Waals surface area (Å²) in [6.07, 6.45) is 1.05. The van der Waals surface area contributed by atoms with Gasteiger partial charge in [-0.1, -0.05) is 0 Å². The number of anilines is 3. The van der Waals surface area contributed by atoms with E-state index in [-0.39, 0.29) is 11.6 Å². The molecule has 2 heterocycles. The van der Waals surface area contributed by atoms with Gasteiger partial charge in [0.05, 0.1) is 23.6 Å². The monoisotopic (exact) mass is 421 g/mol. The average Bonchev–Trinajstić information content (AvgIpc) is 2.65. The number of nitrogens with two attached hydrogens (primary N) is 1. The van der Waals surface area contributed by atoms with Gasteiger partial charge >= 0.3 is 6.09 Å². The summed E-state index contributed by atoms with van der Waals surface area (Å²) in [7, 11) is 1.83. The molecule has 2 aliphatic rings. The summed E-state index contributed by atoms with van der Waals surface area (Å²) >= 11 is 0. The molecule has 3 rings (SSSR count). The molecule has 0 atom stereocenters. The molecule has 0 spiro atoms. The highest BCUT2D eigenvalue weighted by atomic mass is 19.1. The van der Waals surface area contributed by atoms with Gasteiger partial charge in [-0.3, -0.25) is 15.0 Å². The molecule has 1 aromatic rings. The van der Waals surface area contributed by atoms with Crippen LogP contribution in [0.4, 0.5) is 26.2 Å². The van der Waals surface area contributed by atoms with E-state index in [1.807, 2.05) is 11.9 Å². The van der Waals surface area contributed by atoms with Gasteiger partial charge in [-0.05, 0) is 39.7 Å². The lowest BCUT2D eigenvalue weighted by Crippen LogP contribution is -2.54. The first-order valence-corrected chi connectivity index (χ1v) is 10.4. The summed E-state index contributed by atoms with van der Waals surface area (Å²) in [5, 5.41) is 2.61. The van der Waals surface area contributed by atoms with Crippen molar-refractivity contribution in [1.29, 1.82) is 0 Å². The van der Waals surface area contributed by atoms with Crippen molar-refractivity contribution < 1.29 is 18.7 Å². The minimum absolute atomic E-state index is 0.145. The topological polar surface area (TPSA) is 91.1 Å². The second kappa shape index (κ2) is 8.67. The molecule has 30 heavy (non-hydrogen) atoms. The normalized spacial score (nSPS) is 19.2. The van der Waals surface area contributed by atoms with Crippen molar-refractivity contribution in [3.8, 4) is 0 Å². The molecule has 2 aliphatic heterocycles. The molecule has 0 saturated carbocycles. The Bertz CT molecular complexity index is 803. The van der Waals surface area contributed by atoms with E-state index in [0.29, 0.717) is 37.1 Å². The molecule has 9 heteroatoms. The van der Waals surface area contributed by atoms with Crippen molar-refractivity contribution in [3.63, 3.8) is 0 Å². The highest BCUT2D eigenvalue weighted by molar-refractivity contribution is 5.90. The van der Waals surface area contributed by atoms with Gasteiger partial charge in [-0.15, -0.1) is 0 Å². The van der Waals surface area contributed by atoms with E-state index < -0.39 is 17.5 Å². The first kappa shape index (κ1) is 22.1. The number of benzene rings is 1. The summed E-state index contributed by atoms with van der Waals surface area (Å²) in [5.74, 6) is -0.276. The van der Waals surface area contributed by atoms with Crippen LogP contribution in [0.1, 0.15) is 33.6 Å². The highest BCUT2D eigenvalue weighted by Crippen LogP contribution is 2.32. The number of nitrogen functional groups attached to an aromatic ring is 1. The van der Waals surface area contributed by atoms with E-state index >= 15 is 0 Å². The summed E-state index contributed by atoms with van der Waals surface area (Å²) in [6.45, 7) is 8.69. The maximum Gasteiger partial charge on any atom is 0.412 e. The van der Waals surface area contributed by atoms with Crippen LogP contribution in [0.15, 0.2) is 12.1 Å². The Kier molecular flexibility index (Phi) is 6.40. The second-order valence-electron chi connectivity index (χ2n) is 9.02. The number of ether oxygens (including phenoxy) is 1. The maximum absolute atomic E-state index is 14.6. The lowest BCUT2D eigenvalue weighted by atomic mass is 10.0. The molecule has 0 aromatic heterocycles. The van der Waals surface area contributed by atoms with Crippen molar-refractivity contribution in [2.24, 2.45) is 0 Å². The minimum Gasteiger partial charge on any atom is -0.444 e. The van der Waals surface area contributed by atoms with Crippen LogP contribution in [-0.4, -0.2) is 73.2 Å². The van der Waals surface area contributed by atoms with Crippen LogP contribution in [0.5, 0.6) is 0 Å². The molecule has 2 amide bonds. The Morgan fingerprint density at radius 2 is 1.87 bits per heavy atom. The first-order valence-electron chi connectivity index (χ1n) is 10.4. The fraction of sp³-hybridized carbons (Fsp3) is 0.619. The van der Waals surface area contributed by atoms with Crippen LogP contribution < -0.4 is 16.0 Å². The standard InChI is InChI=1S/C21H32FN5O3/c1-21(2,3)30-20(29)24-17-12-18(15(22)11-16(17)23)26-7-5-14(6-8-26)27-10-9-25(4)19(28)13-27/h11-12,14H,5-10,13,23H2,1-4H3,(H,24,29). The lowest BCUT2D eigenvalue weighted by molar-refractivity contribution is -0.135. The zero-order valence-electron chi connectivity index (χ0n) is 18.2. The van der Waals surface area contributed by atoms with E-state index in [9.17, 15) is 14.0 Å². The maximum atomic E-state index is 14.6. The third-order valence-corrected chi connectivity index (χ3v) is 5.56. The van der Waals surface area contributed by atoms with E-state index in [0.717, 1.165) is 25.9 Å². The van der Waals surface area contributed by atoms with Crippen molar-refractivity contribution in [1.82, 2.24) is 9.80 Å². The predicted molar refractivity (Wildman–Crippen MR) is 115 cm³/mol. The molecule has 0 bridgehead atoms. The summed E-state index contributed by atoms with van der Waals surface area (Å²) in [6, 6.07) is 3.11. The van der Waals surface area contributed by atoms with Crippen molar-refractivity contribution in [2.75, 3.05) is 55.7 Å². The molecule has 1 aromatic carbocycles. The minimum atomic E-state index is -0.645. The van der Waals surface area contributed by atoms with Crippen LogP contribution in [-0.2, 0) is 9.53 Å². The number of carbonyl (C=O) groups excluding carboxylic acids is 2. The van der Waals surface area contributed by atoms with Gasteiger partial charge < -0.3 is 20.3 Å². The number of likely N-dealkylation sites (N-methyl/N-ethyl adjacent to an activating group) is 1. The summed E-state index contributed by atoms with van der Waals surface area (Å²) in [5.41, 5.74) is 6.14. The number of hydrogen-bond acceptors (Lipinski definition) is 6. The van der Waals surface area contributed by atoms with Crippen molar-refractivity contribution >= 4 is 29.1 Å². The lowest BCUT2D eigenvalue weighted by Gasteiger charge is -2.42. The van der Waals surface area contributed by atoms with Crippen LogP contribution in [0.25, 0.3) is 0 Å². The Balaban J connectivity index is 1.65. The van der Waals surface area contributed by atoms with E-state index in [1.54, 1.807) is 31.7 Å². The van der Waals surface area contributed by atoms with Crippen LogP contribution in [0.3, 0.4) is 0 Å². The molecule has 2 fully saturated rings. The van der Waals surface area contributed by atoms with Crippen LogP contribution >= 0.6 is 0 Å². The third kappa shape index (κ3) is 5.33. The number of carbonyl (C=O) groups is 2. The zero-order valence-corrected chi connectivity index (χ0v) is 18.2. The molecule has 0 aliphatic carbocycles. The number of piperidine rings is 1. The van der Waals surface area contributed by atoms with Gasteiger partial charge in [0.1, 0.15) is 11.4 Å². The van der Waals surface area contributed by atoms with Gasteiger partial charge in [0, 0.05) is 45.3 Å². The highest BCUT2D eigenvalue weighted by Gasteiger charge is 2.30. The van der Waals surface area contributed by atoms with E-state index in [1.165, 1.54) is 6.07 Å². The summed E-state index contributed by atoms with van der Waals surface area (Å²) < 4.78 is 19.9. The molecule has 8 nitrogen and oxygen atoms in total. The van der Waals surface area contributed by atoms with Crippen LogP contribution in [0, 0.1) is 5.82 Å². The Morgan fingerprint density at radius 3 is 2.47 bits per heavy atom. The summed E-state index contributed by atoms with van der Waals surface area (Å²) in [4.78, 5) is 30.0. The SMILES string of the molecule is CN1CCN(C2CCN(c3cc(NC(=O)OC(C)(C)C)c(N)cc3F)CC2)CC1=O. The van der Waals surface area contributed by atoms with Gasteiger partial charge in [-0.25, -0.2) is 9.18 Å². The molecular weight excluding hydrogens is 389 g/mol. The molecule has 3 N–H and O–H groups in total. The fourth-order valence-corrected chi connectivity index (χ4v) is 3.90. The third-order valence-electron chi connectivity index (χ3n) is 5.56. The first-order chi connectivity index (χ1) is 14.0. The number of amides is 2. The number of nitrogens with zero attached hydrogens (tertiary/aromatic N) is 3. The second-order valence-corrected chi connectivity index (χ2v) is 9.02. The Hall–Kier alpha value is -2.55. The van der Waals surface area contributed by atoms with E-state index in [2.05, 4.69) is 10.2 Å².